The van der Waals surface area contributed by atoms with Crippen molar-refractivity contribution >= 4 is 11.5 Å². The van der Waals surface area contributed by atoms with Crippen molar-refractivity contribution in [2.75, 3.05) is 17.6 Å². The van der Waals surface area contributed by atoms with E-state index >= 15 is 0 Å². The second-order valence-corrected chi connectivity index (χ2v) is 3.60. The van der Waals surface area contributed by atoms with Gasteiger partial charge in [0.15, 0.2) is 0 Å². The fourth-order valence-corrected chi connectivity index (χ4v) is 1.34. The quantitative estimate of drug-likeness (QED) is 0.690. The third kappa shape index (κ3) is 3.41. The van der Waals surface area contributed by atoms with E-state index in [0.29, 0.717) is 23.6 Å². The smallest absolute Gasteiger partial charge is 0.149 e. The second kappa shape index (κ2) is 5.93. The summed E-state index contributed by atoms with van der Waals surface area (Å²) < 4.78 is 0. The van der Waals surface area contributed by atoms with Crippen LogP contribution in [0.3, 0.4) is 0 Å². The average Bonchev–Trinajstić information content (AvgIpc) is 2.27. The SMILES string of the molecule is CCCC(O)CNc1ncc(C#N)cc1N. The fourth-order valence-electron chi connectivity index (χ4n) is 1.34. The predicted molar refractivity (Wildman–Crippen MR) is 62.8 cm³/mol. The van der Waals surface area contributed by atoms with Crippen LogP contribution in [0.5, 0.6) is 0 Å². The van der Waals surface area contributed by atoms with Crippen molar-refractivity contribution in [1.82, 2.24) is 4.98 Å². The van der Waals surface area contributed by atoms with Crippen molar-refractivity contribution in [1.29, 1.82) is 5.26 Å². The topological polar surface area (TPSA) is 95.0 Å². The Morgan fingerprint density at radius 2 is 2.44 bits per heavy atom. The first-order valence-electron chi connectivity index (χ1n) is 5.25. The Bertz CT molecular complexity index is 386. The summed E-state index contributed by atoms with van der Waals surface area (Å²) in [5, 5.41) is 21.1. The molecule has 1 aromatic rings. The van der Waals surface area contributed by atoms with E-state index in [4.69, 9.17) is 11.0 Å². The lowest BCUT2D eigenvalue weighted by Crippen LogP contribution is -2.20. The van der Waals surface area contributed by atoms with Gasteiger partial charge < -0.3 is 16.2 Å². The minimum Gasteiger partial charge on any atom is -0.396 e. The molecular formula is C11H16N4O. The van der Waals surface area contributed by atoms with E-state index in [1.165, 1.54) is 6.20 Å². The molecule has 1 unspecified atom stereocenters. The number of hydrogen-bond acceptors (Lipinski definition) is 5. The molecule has 86 valence electrons. The molecular weight excluding hydrogens is 204 g/mol. The number of nitrogen functional groups attached to an aromatic ring is 1. The highest BCUT2D eigenvalue weighted by Crippen LogP contribution is 2.15. The van der Waals surface area contributed by atoms with E-state index < -0.39 is 6.10 Å². The minimum atomic E-state index is -0.401. The highest BCUT2D eigenvalue weighted by atomic mass is 16.3. The molecule has 0 aliphatic rings. The van der Waals surface area contributed by atoms with Crippen LogP contribution >= 0.6 is 0 Å². The van der Waals surface area contributed by atoms with Crippen molar-refractivity contribution in [3.63, 3.8) is 0 Å². The van der Waals surface area contributed by atoms with Crippen LogP contribution < -0.4 is 11.1 Å². The standard InChI is InChI=1S/C11H16N4O/c1-2-3-9(16)7-15-11-10(13)4-8(5-12)6-14-11/h4,6,9,16H,2-3,7,13H2,1H3,(H,14,15). The van der Waals surface area contributed by atoms with E-state index in [-0.39, 0.29) is 0 Å². The first-order chi connectivity index (χ1) is 7.67. The molecule has 0 saturated carbocycles. The Kier molecular flexibility index (Phi) is 4.55. The van der Waals surface area contributed by atoms with Crippen LogP contribution in [0.1, 0.15) is 25.3 Å². The van der Waals surface area contributed by atoms with E-state index in [1.54, 1.807) is 6.07 Å². The third-order valence-corrected chi connectivity index (χ3v) is 2.17. The van der Waals surface area contributed by atoms with Crippen LogP contribution in [-0.2, 0) is 0 Å². The number of aliphatic hydroxyl groups excluding tert-OH is 1. The van der Waals surface area contributed by atoms with E-state index in [1.807, 2.05) is 13.0 Å². The van der Waals surface area contributed by atoms with Gasteiger partial charge in [0.2, 0.25) is 0 Å². The summed E-state index contributed by atoms with van der Waals surface area (Å²) in [5.74, 6) is 0.508. The van der Waals surface area contributed by atoms with Crippen LogP contribution in [0.2, 0.25) is 0 Å². The molecule has 0 aliphatic carbocycles. The molecule has 0 spiro atoms. The number of pyridine rings is 1. The summed E-state index contributed by atoms with van der Waals surface area (Å²) in [6.07, 6.45) is 2.72. The number of aliphatic hydroxyl groups is 1. The summed E-state index contributed by atoms with van der Waals surface area (Å²) in [5.41, 5.74) is 6.55. The first-order valence-corrected chi connectivity index (χ1v) is 5.25. The highest BCUT2D eigenvalue weighted by Gasteiger charge is 2.05. The molecule has 16 heavy (non-hydrogen) atoms. The highest BCUT2D eigenvalue weighted by molar-refractivity contribution is 5.63. The monoisotopic (exact) mass is 220 g/mol. The second-order valence-electron chi connectivity index (χ2n) is 3.60. The Hall–Kier alpha value is -1.80. The van der Waals surface area contributed by atoms with Crippen molar-refractivity contribution in [3.05, 3.63) is 17.8 Å². The molecule has 5 heteroatoms. The molecule has 0 fully saturated rings. The van der Waals surface area contributed by atoms with Gasteiger partial charge in [0.05, 0.1) is 17.4 Å². The molecule has 0 aromatic carbocycles. The fraction of sp³-hybridized carbons (Fsp3) is 0.455. The molecule has 0 radical (unpaired) electrons. The Balaban J connectivity index is 2.58. The molecule has 1 rings (SSSR count). The van der Waals surface area contributed by atoms with Crippen LogP contribution in [0.4, 0.5) is 11.5 Å². The normalized spacial score (nSPS) is 11.8. The summed E-state index contributed by atoms with van der Waals surface area (Å²) >= 11 is 0. The van der Waals surface area contributed by atoms with Crippen LogP contribution in [0, 0.1) is 11.3 Å². The lowest BCUT2D eigenvalue weighted by molar-refractivity contribution is 0.176. The minimum absolute atomic E-state index is 0.401. The number of rotatable bonds is 5. The molecule has 1 aromatic heterocycles. The molecule has 4 N–H and O–H groups in total. The number of nitrogens with two attached hydrogens (primary N) is 1. The van der Waals surface area contributed by atoms with Gasteiger partial charge in [-0.05, 0) is 12.5 Å². The largest absolute Gasteiger partial charge is 0.396 e. The Labute approximate surface area is 94.9 Å². The molecule has 0 aliphatic heterocycles. The maximum absolute atomic E-state index is 9.52. The van der Waals surface area contributed by atoms with Crippen molar-refractivity contribution in [2.24, 2.45) is 0 Å². The number of nitrogens with one attached hydrogen (secondary N) is 1. The maximum atomic E-state index is 9.52. The van der Waals surface area contributed by atoms with Gasteiger partial charge in [0.1, 0.15) is 11.9 Å². The van der Waals surface area contributed by atoms with Gasteiger partial charge in [0, 0.05) is 12.7 Å². The van der Waals surface area contributed by atoms with E-state index in [2.05, 4.69) is 10.3 Å². The molecule has 0 amide bonds. The van der Waals surface area contributed by atoms with Crippen molar-refractivity contribution < 1.29 is 5.11 Å². The van der Waals surface area contributed by atoms with E-state index in [0.717, 1.165) is 12.8 Å². The number of nitriles is 1. The molecule has 5 nitrogen and oxygen atoms in total. The predicted octanol–water partition coefficient (Wildman–Crippen LogP) is 1.11. The van der Waals surface area contributed by atoms with Crippen molar-refractivity contribution in [3.8, 4) is 6.07 Å². The van der Waals surface area contributed by atoms with Crippen LogP contribution in [0.25, 0.3) is 0 Å². The molecule has 1 atom stereocenters. The molecule has 0 bridgehead atoms. The zero-order valence-electron chi connectivity index (χ0n) is 9.27. The average molecular weight is 220 g/mol. The summed E-state index contributed by atoms with van der Waals surface area (Å²) in [6, 6.07) is 3.52. The first kappa shape index (κ1) is 12.3. The maximum Gasteiger partial charge on any atom is 0.149 e. The number of aromatic nitrogens is 1. The lowest BCUT2D eigenvalue weighted by Gasteiger charge is -2.12. The van der Waals surface area contributed by atoms with Gasteiger partial charge in [-0.15, -0.1) is 0 Å². The summed E-state index contributed by atoms with van der Waals surface area (Å²) in [6.45, 7) is 2.43. The Morgan fingerprint density at radius 3 is 3.00 bits per heavy atom. The molecule has 0 saturated heterocycles. The van der Waals surface area contributed by atoms with Crippen molar-refractivity contribution in [2.45, 2.75) is 25.9 Å². The summed E-state index contributed by atoms with van der Waals surface area (Å²) in [7, 11) is 0. The van der Waals surface area contributed by atoms with E-state index in [9.17, 15) is 5.11 Å². The molecule has 1 heterocycles. The van der Waals surface area contributed by atoms with Gasteiger partial charge in [-0.3, -0.25) is 0 Å². The zero-order valence-corrected chi connectivity index (χ0v) is 9.27. The van der Waals surface area contributed by atoms with Gasteiger partial charge >= 0.3 is 0 Å². The number of nitrogens with zero attached hydrogens (tertiary/aromatic N) is 2. The third-order valence-electron chi connectivity index (χ3n) is 2.17. The number of hydrogen-bond donors (Lipinski definition) is 3. The van der Waals surface area contributed by atoms with Crippen LogP contribution in [0.15, 0.2) is 12.3 Å². The van der Waals surface area contributed by atoms with Gasteiger partial charge in [-0.2, -0.15) is 5.26 Å². The number of anilines is 2. The van der Waals surface area contributed by atoms with Crippen LogP contribution in [-0.4, -0.2) is 22.7 Å². The van der Waals surface area contributed by atoms with Gasteiger partial charge in [0.25, 0.3) is 0 Å². The van der Waals surface area contributed by atoms with Gasteiger partial charge in [-0.25, -0.2) is 4.98 Å². The lowest BCUT2D eigenvalue weighted by atomic mass is 10.2. The summed E-state index contributed by atoms with van der Waals surface area (Å²) in [4.78, 5) is 4.01. The zero-order chi connectivity index (χ0) is 12.0. The Morgan fingerprint density at radius 1 is 1.69 bits per heavy atom. The van der Waals surface area contributed by atoms with Gasteiger partial charge in [-0.1, -0.05) is 13.3 Å².